The van der Waals surface area contributed by atoms with Gasteiger partial charge in [0.15, 0.2) is 0 Å². The Morgan fingerprint density at radius 3 is 1.88 bits per heavy atom. The smallest absolute Gasteiger partial charge is 0.264 e. The highest BCUT2D eigenvalue weighted by molar-refractivity contribution is 6.76. The van der Waals surface area contributed by atoms with Crippen LogP contribution in [0.3, 0.4) is 0 Å². The fraction of sp³-hybridized carbons (Fsp3) is 0.500. The average molecular weight is 193 g/mol. The lowest BCUT2D eigenvalue weighted by atomic mass is 10.8. The van der Waals surface area contributed by atoms with Gasteiger partial charge in [-0.1, -0.05) is 34.8 Å². The van der Waals surface area contributed by atoms with Crippen molar-refractivity contribution >= 4 is 51.2 Å². The van der Waals surface area contributed by atoms with Gasteiger partial charge in [-0.05, 0) is 0 Å². The maximum atomic E-state index is 6.81. The van der Waals surface area contributed by atoms with E-state index in [4.69, 9.17) is 40.2 Å². The normalized spacial score (nSPS) is 11.4. The minimum absolute atomic E-state index is 0.311. The SMILES string of the molecule is N=C(O[SiH3])C(Cl)(Cl)Cl. The topological polar surface area (TPSA) is 33.1 Å². The molecule has 0 aliphatic rings. The summed E-state index contributed by atoms with van der Waals surface area (Å²) in [7, 11) is 0.376. The van der Waals surface area contributed by atoms with Crippen LogP contribution in [0.4, 0.5) is 0 Å². The summed E-state index contributed by atoms with van der Waals surface area (Å²) in [4.78, 5) is 0. The number of halogens is 3. The number of rotatable bonds is 0. The molecule has 6 heteroatoms. The largest absolute Gasteiger partial charge is 0.541 e. The van der Waals surface area contributed by atoms with Crippen LogP contribution in [0.1, 0.15) is 0 Å². The number of hydrogen-bond acceptors (Lipinski definition) is 2. The summed E-state index contributed by atoms with van der Waals surface area (Å²) >= 11 is 15.6. The molecule has 0 aromatic rings. The molecule has 0 aromatic heterocycles. The van der Waals surface area contributed by atoms with Gasteiger partial charge in [0.25, 0.3) is 3.79 Å². The van der Waals surface area contributed by atoms with Crippen molar-refractivity contribution in [1.82, 2.24) is 0 Å². The highest BCUT2D eigenvalue weighted by Crippen LogP contribution is 2.26. The van der Waals surface area contributed by atoms with Crippen LogP contribution in [0, 0.1) is 5.41 Å². The summed E-state index contributed by atoms with van der Waals surface area (Å²) in [5.74, 6) is -0.311. The zero-order valence-electron chi connectivity index (χ0n) is 4.04. The first-order valence-corrected chi connectivity index (χ1v) is 3.63. The molecule has 0 saturated carbocycles. The Morgan fingerprint density at radius 2 is 1.88 bits per heavy atom. The van der Waals surface area contributed by atoms with Crippen LogP contribution in [0.15, 0.2) is 0 Å². The molecule has 0 spiro atoms. The van der Waals surface area contributed by atoms with Gasteiger partial charge in [-0.2, -0.15) is 0 Å². The fourth-order valence-corrected chi connectivity index (χ4v) is 1.04. The van der Waals surface area contributed by atoms with Crippen molar-refractivity contribution in [3.63, 3.8) is 0 Å². The van der Waals surface area contributed by atoms with E-state index in [2.05, 4.69) is 4.43 Å². The van der Waals surface area contributed by atoms with E-state index in [0.29, 0.717) is 10.5 Å². The van der Waals surface area contributed by atoms with E-state index in [-0.39, 0.29) is 5.90 Å². The molecule has 0 unspecified atom stereocenters. The first kappa shape index (κ1) is 8.56. The van der Waals surface area contributed by atoms with E-state index >= 15 is 0 Å². The van der Waals surface area contributed by atoms with Crippen LogP contribution in [0.2, 0.25) is 0 Å². The van der Waals surface area contributed by atoms with Crippen LogP contribution < -0.4 is 0 Å². The van der Waals surface area contributed by atoms with E-state index in [1.165, 1.54) is 0 Å². The van der Waals surface area contributed by atoms with Crippen LogP contribution in [-0.4, -0.2) is 20.2 Å². The summed E-state index contributed by atoms with van der Waals surface area (Å²) < 4.78 is 2.76. The molecule has 0 heterocycles. The van der Waals surface area contributed by atoms with Crippen molar-refractivity contribution in [3.8, 4) is 0 Å². The van der Waals surface area contributed by atoms with E-state index in [9.17, 15) is 0 Å². The van der Waals surface area contributed by atoms with E-state index in [0.717, 1.165) is 0 Å². The van der Waals surface area contributed by atoms with Gasteiger partial charge in [0, 0.05) is 0 Å². The number of hydrogen-bond donors (Lipinski definition) is 1. The molecule has 0 radical (unpaired) electrons. The second-order valence-corrected chi connectivity index (χ2v) is 3.72. The summed E-state index contributed by atoms with van der Waals surface area (Å²) in [5.41, 5.74) is 0. The first-order chi connectivity index (χ1) is 3.48. The Balaban J connectivity index is 3.82. The average Bonchev–Trinajstić information content (AvgIpc) is 1.62. The van der Waals surface area contributed by atoms with Gasteiger partial charge in [0.2, 0.25) is 16.4 Å². The van der Waals surface area contributed by atoms with Crippen molar-refractivity contribution < 1.29 is 4.43 Å². The van der Waals surface area contributed by atoms with Crippen LogP contribution in [0.5, 0.6) is 0 Å². The van der Waals surface area contributed by atoms with Crippen molar-refractivity contribution in [1.29, 1.82) is 5.41 Å². The van der Waals surface area contributed by atoms with Gasteiger partial charge in [0.05, 0.1) is 0 Å². The fourth-order valence-electron chi connectivity index (χ4n) is 0.116. The number of alkyl halides is 3. The Hall–Kier alpha value is 0.557. The molecule has 0 atom stereocenters. The molecule has 0 aromatic carbocycles. The molecular weight excluding hydrogens is 188 g/mol. The zero-order valence-corrected chi connectivity index (χ0v) is 8.31. The molecule has 48 valence electrons. The summed E-state index contributed by atoms with van der Waals surface area (Å²) in [6.07, 6.45) is 0. The molecule has 0 aliphatic heterocycles. The highest BCUT2D eigenvalue weighted by atomic mass is 35.6. The maximum absolute atomic E-state index is 6.81. The molecule has 0 bridgehead atoms. The third-order valence-electron chi connectivity index (χ3n) is 0.462. The van der Waals surface area contributed by atoms with Crippen LogP contribution in [-0.2, 0) is 4.43 Å². The van der Waals surface area contributed by atoms with Gasteiger partial charge in [-0.15, -0.1) is 0 Å². The number of nitrogens with one attached hydrogen (secondary N) is 1. The van der Waals surface area contributed by atoms with Gasteiger partial charge in [-0.25, -0.2) is 0 Å². The molecule has 0 amide bonds. The van der Waals surface area contributed by atoms with Crippen molar-refractivity contribution in [2.24, 2.45) is 0 Å². The molecule has 0 fully saturated rings. The molecule has 1 N–H and O–H groups in total. The third kappa shape index (κ3) is 2.77. The van der Waals surface area contributed by atoms with Gasteiger partial charge < -0.3 is 4.43 Å². The Morgan fingerprint density at radius 1 is 1.50 bits per heavy atom. The molecule has 8 heavy (non-hydrogen) atoms. The monoisotopic (exact) mass is 191 g/mol. The van der Waals surface area contributed by atoms with Gasteiger partial charge in [0.1, 0.15) is 0 Å². The predicted octanol–water partition coefficient (Wildman–Crippen LogP) is 0.631. The lowest BCUT2D eigenvalue weighted by Gasteiger charge is -2.09. The Labute approximate surface area is 65.1 Å². The van der Waals surface area contributed by atoms with Crippen molar-refractivity contribution in [2.45, 2.75) is 3.79 Å². The lowest BCUT2D eigenvalue weighted by Crippen LogP contribution is -2.19. The van der Waals surface area contributed by atoms with Crippen molar-refractivity contribution in [3.05, 3.63) is 0 Å². The zero-order chi connectivity index (χ0) is 6.78. The highest BCUT2D eigenvalue weighted by Gasteiger charge is 2.26. The standard InChI is InChI=1S/C2H4Cl3NOSi/c3-2(4,5)1(6)7-8/h6H,8H3. The van der Waals surface area contributed by atoms with Crippen LogP contribution in [0.25, 0.3) is 0 Å². The minimum Gasteiger partial charge on any atom is -0.541 e. The van der Waals surface area contributed by atoms with E-state index < -0.39 is 3.79 Å². The van der Waals surface area contributed by atoms with E-state index in [1.807, 2.05) is 0 Å². The molecule has 0 aliphatic carbocycles. The van der Waals surface area contributed by atoms with Crippen molar-refractivity contribution in [2.75, 3.05) is 0 Å². The summed E-state index contributed by atoms with van der Waals surface area (Å²) in [6, 6.07) is 0. The summed E-state index contributed by atoms with van der Waals surface area (Å²) in [6.45, 7) is 0. The first-order valence-electron chi connectivity index (χ1n) is 1.68. The third-order valence-corrected chi connectivity index (χ3v) is 1.38. The molecule has 2 nitrogen and oxygen atoms in total. The second-order valence-electron chi connectivity index (χ2n) is 1.03. The second kappa shape index (κ2) is 2.92. The molecular formula is C2H4Cl3NOSi. The van der Waals surface area contributed by atoms with Crippen LogP contribution >= 0.6 is 34.8 Å². The minimum atomic E-state index is -1.68. The maximum Gasteiger partial charge on any atom is 0.264 e. The predicted molar refractivity (Wildman–Crippen MR) is 39.0 cm³/mol. The summed E-state index contributed by atoms with van der Waals surface area (Å²) in [5, 5.41) is 6.81. The Bertz CT molecular complexity index is 99.9. The quantitative estimate of drug-likeness (QED) is 0.260. The van der Waals surface area contributed by atoms with Gasteiger partial charge in [-0.3, -0.25) is 5.41 Å². The Kier molecular flexibility index (Phi) is 3.12. The molecule has 0 saturated heterocycles. The van der Waals surface area contributed by atoms with E-state index in [1.54, 1.807) is 0 Å². The van der Waals surface area contributed by atoms with Gasteiger partial charge >= 0.3 is 0 Å². The molecule has 0 rings (SSSR count). The lowest BCUT2D eigenvalue weighted by molar-refractivity contribution is 0.593.